The molecule has 9 heteroatoms. The molecular formula is C14H19N5O4. The zero-order valence-corrected chi connectivity index (χ0v) is 13.0. The van der Waals surface area contributed by atoms with Crippen LogP contribution >= 0.6 is 0 Å². The van der Waals surface area contributed by atoms with E-state index in [-0.39, 0.29) is 12.2 Å². The van der Waals surface area contributed by atoms with Crippen molar-refractivity contribution in [1.29, 1.82) is 0 Å². The van der Waals surface area contributed by atoms with Gasteiger partial charge in [-0.05, 0) is 0 Å². The summed E-state index contributed by atoms with van der Waals surface area (Å²) >= 11 is 0. The van der Waals surface area contributed by atoms with Gasteiger partial charge in [0, 0.05) is 20.6 Å². The van der Waals surface area contributed by atoms with Crippen LogP contribution in [0.15, 0.2) is 12.7 Å². The third kappa shape index (κ3) is 2.04. The van der Waals surface area contributed by atoms with E-state index < -0.39 is 11.8 Å². The zero-order chi connectivity index (χ0) is 16.0. The number of aromatic nitrogens is 4. The van der Waals surface area contributed by atoms with E-state index in [1.807, 2.05) is 4.57 Å². The number of hydrogen-bond acceptors (Lipinski definition) is 8. The summed E-state index contributed by atoms with van der Waals surface area (Å²) in [6.45, 7) is 1.03. The minimum Gasteiger partial charge on any atom is -0.382 e. The van der Waals surface area contributed by atoms with Crippen molar-refractivity contribution < 1.29 is 18.9 Å². The molecule has 23 heavy (non-hydrogen) atoms. The van der Waals surface area contributed by atoms with Gasteiger partial charge in [-0.25, -0.2) is 15.0 Å². The number of anilines is 1. The molecule has 0 aliphatic carbocycles. The summed E-state index contributed by atoms with van der Waals surface area (Å²) in [7, 11) is 3.32. The van der Waals surface area contributed by atoms with E-state index in [1.54, 1.807) is 20.5 Å². The van der Waals surface area contributed by atoms with Crippen LogP contribution < -0.4 is 5.73 Å². The van der Waals surface area contributed by atoms with E-state index in [0.29, 0.717) is 36.6 Å². The van der Waals surface area contributed by atoms with E-state index in [9.17, 15) is 0 Å². The second kappa shape index (κ2) is 5.38. The van der Waals surface area contributed by atoms with Gasteiger partial charge in [0.05, 0.1) is 19.5 Å². The third-order valence-electron chi connectivity index (χ3n) is 4.59. The molecule has 2 N–H and O–H groups in total. The van der Waals surface area contributed by atoms with Crippen molar-refractivity contribution in [3.63, 3.8) is 0 Å². The Morgan fingerprint density at radius 1 is 1.39 bits per heavy atom. The largest absolute Gasteiger partial charge is 0.382 e. The lowest BCUT2D eigenvalue weighted by Gasteiger charge is -2.37. The van der Waals surface area contributed by atoms with Crippen LogP contribution in [0.4, 0.5) is 5.82 Å². The summed E-state index contributed by atoms with van der Waals surface area (Å²) in [6.07, 6.45) is 2.87. The lowest BCUT2D eigenvalue weighted by atomic mass is 9.90. The van der Waals surface area contributed by atoms with Crippen molar-refractivity contribution >= 4 is 17.0 Å². The van der Waals surface area contributed by atoms with E-state index >= 15 is 0 Å². The van der Waals surface area contributed by atoms with Crippen LogP contribution in [0, 0.1) is 0 Å². The number of rotatable bonds is 4. The number of ether oxygens (including phenoxy) is 4. The summed E-state index contributed by atoms with van der Waals surface area (Å²) in [6, 6.07) is 0. The molecule has 9 nitrogen and oxygen atoms in total. The van der Waals surface area contributed by atoms with Crippen molar-refractivity contribution in [2.24, 2.45) is 0 Å². The predicted molar refractivity (Wildman–Crippen MR) is 79.6 cm³/mol. The van der Waals surface area contributed by atoms with E-state index in [2.05, 4.69) is 15.0 Å². The second-order valence-corrected chi connectivity index (χ2v) is 5.83. The molecule has 2 aliphatic heterocycles. The highest BCUT2D eigenvalue weighted by Gasteiger charge is 2.59. The van der Waals surface area contributed by atoms with Crippen LogP contribution in [-0.2, 0) is 18.9 Å². The first-order valence-corrected chi connectivity index (χ1v) is 7.44. The van der Waals surface area contributed by atoms with Crippen molar-refractivity contribution in [2.45, 2.75) is 30.5 Å². The fourth-order valence-electron chi connectivity index (χ4n) is 3.62. The molecule has 4 rings (SSSR count). The Morgan fingerprint density at radius 3 is 3.04 bits per heavy atom. The number of nitrogen functional groups attached to an aromatic ring is 1. The Morgan fingerprint density at radius 2 is 2.26 bits per heavy atom. The fraction of sp³-hybridized carbons (Fsp3) is 0.643. The average molecular weight is 321 g/mol. The maximum Gasteiger partial charge on any atom is 0.167 e. The summed E-state index contributed by atoms with van der Waals surface area (Å²) in [5.41, 5.74) is 6.48. The molecule has 2 fully saturated rings. The Labute approximate surface area is 132 Å². The summed E-state index contributed by atoms with van der Waals surface area (Å²) in [5, 5.41) is 0. The van der Waals surface area contributed by atoms with Crippen LogP contribution in [0.3, 0.4) is 0 Å². The first kappa shape index (κ1) is 14.8. The van der Waals surface area contributed by atoms with Crippen molar-refractivity contribution in [1.82, 2.24) is 19.5 Å². The summed E-state index contributed by atoms with van der Waals surface area (Å²) in [5.74, 6) is 0.338. The zero-order valence-electron chi connectivity index (χ0n) is 13.0. The topological polar surface area (TPSA) is 107 Å². The first-order chi connectivity index (χ1) is 11.2. The molecular weight excluding hydrogens is 302 g/mol. The minimum atomic E-state index is -0.535. The smallest absolute Gasteiger partial charge is 0.167 e. The van der Waals surface area contributed by atoms with Gasteiger partial charge in [0.1, 0.15) is 29.7 Å². The molecule has 0 amide bonds. The van der Waals surface area contributed by atoms with Crippen LogP contribution in [0.1, 0.15) is 12.6 Å². The Kier molecular flexibility index (Phi) is 3.45. The van der Waals surface area contributed by atoms with Crippen LogP contribution in [-0.4, -0.2) is 64.8 Å². The number of imidazole rings is 1. The number of nitrogens with zero attached hydrogens (tertiary/aromatic N) is 4. The summed E-state index contributed by atoms with van der Waals surface area (Å²) < 4.78 is 25.2. The van der Waals surface area contributed by atoms with Gasteiger partial charge in [0.25, 0.3) is 0 Å². The predicted octanol–water partition coefficient (Wildman–Crippen LogP) is 0.126. The van der Waals surface area contributed by atoms with E-state index in [4.69, 9.17) is 24.7 Å². The number of fused-ring (bicyclic) bond motifs is 3. The van der Waals surface area contributed by atoms with Gasteiger partial charge in [-0.3, -0.25) is 4.57 Å². The molecule has 1 unspecified atom stereocenters. The van der Waals surface area contributed by atoms with Gasteiger partial charge in [-0.15, -0.1) is 0 Å². The SMILES string of the molecule is COC[C@@]12CCOC([C@H](n3cnc4c(N)ncnc43)O1)[C@H]2OC. The maximum absolute atomic E-state index is 6.36. The summed E-state index contributed by atoms with van der Waals surface area (Å²) in [4.78, 5) is 12.5. The molecule has 2 aromatic rings. The Balaban J connectivity index is 1.78. The van der Waals surface area contributed by atoms with Gasteiger partial charge in [0.15, 0.2) is 17.7 Å². The van der Waals surface area contributed by atoms with Gasteiger partial charge in [0.2, 0.25) is 0 Å². The van der Waals surface area contributed by atoms with Gasteiger partial charge in [-0.1, -0.05) is 0 Å². The molecule has 2 aromatic heterocycles. The molecule has 0 saturated carbocycles. The molecule has 124 valence electrons. The Hall–Kier alpha value is -1.81. The van der Waals surface area contributed by atoms with Gasteiger partial charge >= 0.3 is 0 Å². The van der Waals surface area contributed by atoms with Crippen molar-refractivity contribution in [3.05, 3.63) is 12.7 Å². The van der Waals surface area contributed by atoms with Crippen molar-refractivity contribution in [2.75, 3.05) is 33.2 Å². The molecule has 2 bridgehead atoms. The van der Waals surface area contributed by atoms with E-state index in [1.165, 1.54) is 6.33 Å². The van der Waals surface area contributed by atoms with Gasteiger partial charge < -0.3 is 24.7 Å². The molecule has 2 aliphatic rings. The van der Waals surface area contributed by atoms with Crippen molar-refractivity contribution in [3.8, 4) is 0 Å². The standard InChI is InChI=1S/C14H19N5O4/c1-20-5-14-3-4-22-9(10(14)21-2)13(23-14)19-7-18-8-11(15)16-6-17-12(8)19/h6-7,9-10,13H,3-5H2,1-2H3,(H2,15,16,17)/t9?,10-,13-,14-/m1/s1. The van der Waals surface area contributed by atoms with Gasteiger partial charge in [-0.2, -0.15) is 0 Å². The second-order valence-electron chi connectivity index (χ2n) is 5.83. The van der Waals surface area contributed by atoms with Crippen LogP contribution in [0.5, 0.6) is 0 Å². The lowest BCUT2D eigenvalue weighted by molar-refractivity contribution is -0.159. The Bertz CT molecular complexity index is 718. The third-order valence-corrected chi connectivity index (χ3v) is 4.59. The number of methoxy groups -OCH3 is 2. The number of nitrogens with two attached hydrogens (primary N) is 1. The monoisotopic (exact) mass is 321 g/mol. The molecule has 4 atom stereocenters. The maximum atomic E-state index is 6.36. The number of hydrogen-bond donors (Lipinski definition) is 1. The van der Waals surface area contributed by atoms with Crippen LogP contribution in [0.2, 0.25) is 0 Å². The molecule has 0 aromatic carbocycles. The van der Waals surface area contributed by atoms with Crippen LogP contribution in [0.25, 0.3) is 11.2 Å². The lowest BCUT2D eigenvalue weighted by Crippen LogP contribution is -2.52. The molecule has 2 saturated heterocycles. The highest BCUT2D eigenvalue weighted by atomic mass is 16.6. The fourth-order valence-corrected chi connectivity index (χ4v) is 3.62. The molecule has 0 radical (unpaired) electrons. The quantitative estimate of drug-likeness (QED) is 0.846. The molecule has 4 heterocycles. The highest BCUT2D eigenvalue weighted by molar-refractivity contribution is 5.81. The van der Waals surface area contributed by atoms with E-state index in [0.717, 1.165) is 0 Å². The highest BCUT2D eigenvalue weighted by Crippen LogP contribution is 2.46. The first-order valence-electron chi connectivity index (χ1n) is 7.44. The minimum absolute atomic E-state index is 0.224. The normalized spacial score (nSPS) is 33.4. The average Bonchev–Trinajstić information content (AvgIpc) is 3.04. The molecule has 0 spiro atoms.